The van der Waals surface area contributed by atoms with Crippen LogP contribution in [0.4, 0.5) is 32.1 Å². The molecule has 0 aliphatic heterocycles. The second-order valence-electron chi connectivity index (χ2n) is 5.23. The summed E-state index contributed by atoms with van der Waals surface area (Å²) in [5, 5.41) is 19.4. The number of hydrogen-bond donors (Lipinski definition) is 4. The summed E-state index contributed by atoms with van der Waals surface area (Å²) in [7, 11) is -4.26. The van der Waals surface area contributed by atoms with E-state index >= 15 is 0 Å². The molecule has 0 amide bonds. The maximum Gasteiger partial charge on any atom is 0.241 e. The highest BCUT2D eigenvalue weighted by atomic mass is 32.2. The number of sulfonamides is 1. The van der Waals surface area contributed by atoms with Crippen molar-refractivity contribution in [3.05, 3.63) is 54.4 Å². The van der Waals surface area contributed by atoms with Gasteiger partial charge in [-0.2, -0.15) is 4.98 Å². The van der Waals surface area contributed by atoms with Gasteiger partial charge in [-0.1, -0.05) is 0 Å². The van der Waals surface area contributed by atoms with Crippen molar-refractivity contribution in [2.45, 2.75) is 4.90 Å². The van der Waals surface area contributed by atoms with Crippen LogP contribution in [0.25, 0.3) is 0 Å². The Morgan fingerprint density at radius 2 is 1.78 bits per heavy atom. The fourth-order valence-corrected chi connectivity index (χ4v) is 2.66. The van der Waals surface area contributed by atoms with Crippen LogP contribution in [0.15, 0.2) is 47.6 Å². The van der Waals surface area contributed by atoms with E-state index in [0.29, 0.717) is 0 Å². The molecule has 5 N–H and O–H groups in total. The molecule has 1 aromatic carbocycles. The van der Waals surface area contributed by atoms with E-state index in [0.717, 1.165) is 24.5 Å². The van der Waals surface area contributed by atoms with Crippen molar-refractivity contribution >= 4 is 33.3 Å². The summed E-state index contributed by atoms with van der Waals surface area (Å²) < 4.78 is 50.3. The van der Waals surface area contributed by atoms with Crippen LogP contribution in [0.1, 0.15) is 0 Å². The van der Waals surface area contributed by atoms with Gasteiger partial charge in [0.2, 0.25) is 16.0 Å². The van der Waals surface area contributed by atoms with Gasteiger partial charge in [-0.15, -0.1) is 0 Å². The maximum atomic E-state index is 13.9. The molecule has 0 saturated carbocycles. The van der Waals surface area contributed by atoms with Gasteiger partial charge in [0.05, 0.1) is 12.4 Å². The van der Waals surface area contributed by atoms with E-state index in [1.165, 1.54) is 18.2 Å². The third-order valence-corrected chi connectivity index (χ3v) is 4.16. The minimum absolute atomic E-state index is 0.0620. The molecule has 0 spiro atoms. The first-order chi connectivity index (χ1) is 12.7. The van der Waals surface area contributed by atoms with Gasteiger partial charge in [-0.25, -0.2) is 32.3 Å². The summed E-state index contributed by atoms with van der Waals surface area (Å²) in [6, 6.07) is 5.87. The number of hydrogen-bond acceptors (Lipinski definition) is 8. The van der Waals surface area contributed by atoms with Crippen molar-refractivity contribution in [2.24, 2.45) is 5.14 Å². The highest BCUT2D eigenvalue weighted by molar-refractivity contribution is 7.89. The number of aromatic nitrogens is 3. The van der Waals surface area contributed by atoms with E-state index < -0.39 is 26.6 Å². The number of nitrogens with one attached hydrogen (secondary N) is 2. The number of rotatable bonds is 5. The molecular formula is C15H12F2N6O3S. The third kappa shape index (κ3) is 4.43. The number of benzene rings is 1. The quantitative estimate of drug-likeness (QED) is 0.514. The van der Waals surface area contributed by atoms with Crippen LogP contribution in [0.2, 0.25) is 0 Å². The van der Waals surface area contributed by atoms with Crippen LogP contribution in [-0.2, 0) is 10.0 Å². The molecular weight excluding hydrogens is 382 g/mol. The lowest BCUT2D eigenvalue weighted by Gasteiger charge is -2.10. The molecule has 0 saturated heterocycles. The number of nitrogens with two attached hydrogens (primary N) is 1. The van der Waals surface area contributed by atoms with Gasteiger partial charge in [-0.05, 0) is 30.3 Å². The lowest BCUT2D eigenvalue weighted by molar-refractivity contribution is 0.473. The molecule has 0 aliphatic carbocycles. The average molecular weight is 394 g/mol. The predicted molar refractivity (Wildman–Crippen MR) is 92.2 cm³/mol. The molecule has 0 fully saturated rings. The minimum atomic E-state index is -4.26. The molecule has 0 radical (unpaired) electrons. The first-order valence-electron chi connectivity index (χ1n) is 7.26. The molecule has 27 heavy (non-hydrogen) atoms. The molecule has 9 nitrogen and oxygen atoms in total. The van der Waals surface area contributed by atoms with Gasteiger partial charge >= 0.3 is 0 Å². The average Bonchev–Trinajstić information content (AvgIpc) is 2.60. The standard InChI is InChI=1S/C15H12F2N6O3S/c16-10-3-1-8(5-12(10)27(18,25)26)21-15-20-7-11(17)14(23-15)22-13-4-2-9(24)6-19-13/h1-7,24H,(H2,18,25,26)(H2,19,20,21,22,23). The van der Waals surface area contributed by atoms with E-state index in [-0.39, 0.29) is 29.0 Å². The second kappa shape index (κ2) is 7.09. The maximum absolute atomic E-state index is 13.9. The first kappa shape index (κ1) is 18.4. The third-order valence-electron chi connectivity index (χ3n) is 3.23. The van der Waals surface area contributed by atoms with Crippen molar-refractivity contribution in [1.29, 1.82) is 0 Å². The molecule has 2 aromatic heterocycles. The molecule has 0 atom stereocenters. The molecule has 2 heterocycles. The summed E-state index contributed by atoms with van der Waals surface area (Å²) in [5.41, 5.74) is 0.126. The summed E-state index contributed by atoms with van der Waals surface area (Å²) in [5.74, 6) is -1.95. The Labute approximate surface area is 152 Å². The van der Waals surface area contributed by atoms with Crippen LogP contribution in [0.5, 0.6) is 5.75 Å². The van der Waals surface area contributed by atoms with Crippen LogP contribution >= 0.6 is 0 Å². The summed E-state index contributed by atoms with van der Waals surface area (Å²) in [4.78, 5) is 10.8. The molecule has 12 heteroatoms. The van der Waals surface area contributed by atoms with Crippen LogP contribution < -0.4 is 15.8 Å². The Bertz CT molecular complexity index is 1090. The summed E-state index contributed by atoms with van der Waals surface area (Å²) >= 11 is 0. The highest BCUT2D eigenvalue weighted by Gasteiger charge is 2.16. The predicted octanol–water partition coefficient (Wildman–Crippen LogP) is 1.99. The normalized spacial score (nSPS) is 11.2. The second-order valence-corrected chi connectivity index (χ2v) is 6.76. The Hall–Kier alpha value is -3.38. The Morgan fingerprint density at radius 3 is 2.44 bits per heavy atom. The lowest BCUT2D eigenvalue weighted by Crippen LogP contribution is -2.14. The number of anilines is 4. The fourth-order valence-electron chi connectivity index (χ4n) is 2.02. The van der Waals surface area contributed by atoms with E-state index in [1.807, 2.05) is 0 Å². The largest absolute Gasteiger partial charge is 0.506 e. The van der Waals surface area contributed by atoms with Crippen LogP contribution in [0, 0.1) is 11.6 Å². The zero-order chi connectivity index (χ0) is 19.6. The SMILES string of the molecule is NS(=O)(=O)c1cc(Nc2ncc(F)c(Nc3ccc(O)cn3)n2)ccc1F. The monoisotopic (exact) mass is 394 g/mol. The van der Waals surface area contributed by atoms with Crippen molar-refractivity contribution in [2.75, 3.05) is 10.6 Å². The number of aromatic hydroxyl groups is 1. The summed E-state index contributed by atoms with van der Waals surface area (Å²) in [6.07, 6.45) is 2.04. The first-order valence-corrected chi connectivity index (χ1v) is 8.81. The van der Waals surface area contributed by atoms with E-state index in [4.69, 9.17) is 5.14 Å². The minimum Gasteiger partial charge on any atom is -0.506 e. The fraction of sp³-hybridized carbons (Fsp3) is 0. The number of pyridine rings is 1. The molecule has 3 rings (SSSR count). The highest BCUT2D eigenvalue weighted by Crippen LogP contribution is 2.23. The molecule has 0 aliphatic rings. The smallest absolute Gasteiger partial charge is 0.241 e. The van der Waals surface area contributed by atoms with E-state index in [9.17, 15) is 22.3 Å². The molecule has 0 bridgehead atoms. The van der Waals surface area contributed by atoms with Crippen molar-refractivity contribution in [3.63, 3.8) is 0 Å². The number of primary sulfonamides is 1. The van der Waals surface area contributed by atoms with E-state index in [1.54, 1.807) is 0 Å². The van der Waals surface area contributed by atoms with Crippen molar-refractivity contribution < 1.29 is 22.3 Å². The Morgan fingerprint density at radius 1 is 1.00 bits per heavy atom. The van der Waals surface area contributed by atoms with Gasteiger partial charge < -0.3 is 15.7 Å². The van der Waals surface area contributed by atoms with Crippen LogP contribution in [0.3, 0.4) is 0 Å². The van der Waals surface area contributed by atoms with Gasteiger partial charge in [0.1, 0.15) is 22.3 Å². The zero-order valence-corrected chi connectivity index (χ0v) is 14.2. The zero-order valence-electron chi connectivity index (χ0n) is 13.4. The van der Waals surface area contributed by atoms with E-state index in [2.05, 4.69) is 25.6 Å². The van der Waals surface area contributed by atoms with Crippen molar-refractivity contribution in [3.8, 4) is 5.75 Å². The molecule has 0 unspecified atom stereocenters. The molecule has 3 aromatic rings. The lowest BCUT2D eigenvalue weighted by atomic mass is 10.3. The Balaban J connectivity index is 1.87. The van der Waals surface area contributed by atoms with Crippen molar-refractivity contribution in [1.82, 2.24) is 15.0 Å². The van der Waals surface area contributed by atoms with Gasteiger partial charge in [0.25, 0.3) is 0 Å². The Kier molecular flexibility index (Phi) is 4.83. The van der Waals surface area contributed by atoms with Gasteiger partial charge in [0.15, 0.2) is 11.6 Å². The topological polar surface area (TPSA) is 143 Å². The van der Waals surface area contributed by atoms with Gasteiger partial charge in [-0.3, -0.25) is 0 Å². The number of halogens is 2. The van der Waals surface area contributed by atoms with Gasteiger partial charge in [0, 0.05) is 5.69 Å². The van der Waals surface area contributed by atoms with Crippen LogP contribution in [-0.4, -0.2) is 28.5 Å². The number of nitrogens with zero attached hydrogens (tertiary/aromatic N) is 3. The molecule has 140 valence electrons. The summed E-state index contributed by atoms with van der Waals surface area (Å²) in [6.45, 7) is 0.